The Labute approximate surface area is 139 Å². The highest BCUT2D eigenvalue weighted by Gasteiger charge is 2.24. The molecule has 0 atom stereocenters. The van der Waals surface area contributed by atoms with E-state index < -0.39 is 26.6 Å². The molecule has 4 nitrogen and oxygen atoms in total. The van der Waals surface area contributed by atoms with Crippen LogP contribution in [0.3, 0.4) is 0 Å². The van der Waals surface area contributed by atoms with Crippen molar-refractivity contribution in [3.8, 4) is 0 Å². The van der Waals surface area contributed by atoms with E-state index in [2.05, 4.69) is 4.98 Å². The molecule has 0 fully saturated rings. The average Bonchev–Trinajstić information content (AvgIpc) is 2.97. The van der Waals surface area contributed by atoms with Gasteiger partial charge in [0.2, 0.25) is 10.0 Å². The second-order valence-corrected chi connectivity index (χ2v) is 7.40. The Kier molecular flexibility index (Phi) is 4.23. The highest BCUT2D eigenvalue weighted by Crippen LogP contribution is 2.41. The van der Waals surface area contributed by atoms with Crippen molar-refractivity contribution in [2.45, 2.75) is 31.1 Å². The summed E-state index contributed by atoms with van der Waals surface area (Å²) in [5.74, 6) is -1.84. The number of benzene rings is 1. The second kappa shape index (κ2) is 6.07. The fourth-order valence-electron chi connectivity index (χ4n) is 3.06. The number of primary sulfonamides is 1. The summed E-state index contributed by atoms with van der Waals surface area (Å²) in [5.41, 5.74) is 3.52. The van der Waals surface area contributed by atoms with Gasteiger partial charge in [-0.05, 0) is 66.7 Å². The lowest BCUT2D eigenvalue weighted by Crippen LogP contribution is -2.15. The number of nitrogens with two attached hydrogens (primary N) is 1. The molecule has 1 aliphatic carbocycles. The van der Waals surface area contributed by atoms with E-state index in [-0.39, 0.29) is 5.56 Å². The standard InChI is InChI=1S/C17H16F2N2O2S/c1-10-5-11(9-21-8-10)12-3-2-4-13(12)14-6-16(19)17(7-15(14)18)24(20,22)23/h5-9H,2-4H2,1H3,(H2,20,22,23). The molecule has 0 amide bonds. The quantitative estimate of drug-likeness (QED) is 0.922. The van der Waals surface area contributed by atoms with Crippen LogP contribution in [0.1, 0.15) is 36.0 Å². The lowest BCUT2D eigenvalue weighted by molar-refractivity contribution is 0.552. The molecule has 0 bridgehead atoms. The van der Waals surface area contributed by atoms with Crippen molar-refractivity contribution in [2.75, 3.05) is 0 Å². The summed E-state index contributed by atoms with van der Waals surface area (Å²) in [6.07, 6.45) is 5.56. The molecular formula is C17H16F2N2O2S. The van der Waals surface area contributed by atoms with Gasteiger partial charge < -0.3 is 0 Å². The molecule has 3 rings (SSSR count). The van der Waals surface area contributed by atoms with Crippen LogP contribution in [0.25, 0.3) is 11.1 Å². The molecule has 0 unspecified atom stereocenters. The van der Waals surface area contributed by atoms with E-state index in [0.29, 0.717) is 18.1 Å². The summed E-state index contributed by atoms with van der Waals surface area (Å²) < 4.78 is 51.2. The van der Waals surface area contributed by atoms with E-state index >= 15 is 0 Å². The van der Waals surface area contributed by atoms with Crippen molar-refractivity contribution in [3.05, 3.63) is 58.9 Å². The lowest BCUT2D eigenvalue weighted by atomic mass is 9.97. The minimum Gasteiger partial charge on any atom is -0.264 e. The van der Waals surface area contributed by atoms with Crippen molar-refractivity contribution in [1.29, 1.82) is 0 Å². The number of rotatable bonds is 3. The molecule has 0 saturated heterocycles. The number of aryl methyl sites for hydroxylation is 1. The first-order valence-electron chi connectivity index (χ1n) is 7.43. The summed E-state index contributed by atoms with van der Waals surface area (Å²) in [5, 5.41) is 4.91. The third kappa shape index (κ3) is 3.09. The Balaban J connectivity index is 2.17. The summed E-state index contributed by atoms with van der Waals surface area (Å²) in [6.45, 7) is 1.91. The number of pyridine rings is 1. The minimum atomic E-state index is -4.31. The second-order valence-electron chi connectivity index (χ2n) is 5.87. The third-order valence-corrected chi connectivity index (χ3v) is 5.02. The summed E-state index contributed by atoms with van der Waals surface area (Å²) >= 11 is 0. The van der Waals surface area contributed by atoms with E-state index in [1.807, 2.05) is 13.0 Å². The maximum absolute atomic E-state index is 14.4. The average molecular weight is 350 g/mol. The van der Waals surface area contributed by atoms with E-state index in [4.69, 9.17) is 5.14 Å². The molecule has 0 spiro atoms. The van der Waals surface area contributed by atoms with Crippen LogP contribution in [0.4, 0.5) is 8.78 Å². The van der Waals surface area contributed by atoms with Crippen molar-refractivity contribution in [1.82, 2.24) is 4.98 Å². The number of hydrogen-bond acceptors (Lipinski definition) is 3. The Bertz CT molecular complexity index is 953. The summed E-state index contributed by atoms with van der Waals surface area (Å²) in [7, 11) is -4.31. The lowest BCUT2D eigenvalue weighted by Gasteiger charge is -2.11. The molecule has 0 radical (unpaired) electrons. The zero-order chi connectivity index (χ0) is 17.5. The molecule has 1 aromatic heterocycles. The van der Waals surface area contributed by atoms with E-state index in [1.165, 1.54) is 0 Å². The SMILES string of the molecule is Cc1cncc(C2=C(c3cc(F)c(S(N)(=O)=O)cc3F)CCC2)c1. The number of sulfonamides is 1. The zero-order valence-electron chi connectivity index (χ0n) is 13.0. The largest absolute Gasteiger partial charge is 0.264 e. The Morgan fingerprint density at radius 1 is 1.04 bits per heavy atom. The van der Waals surface area contributed by atoms with Gasteiger partial charge in [0.1, 0.15) is 16.5 Å². The molecule has 24 heavy (non-hydrogen) atoms. The minimum absolute atomic E-state index is 0.0777. The van der Waals surface area contributed by atoms with E-state index in [9.17, 15) is 17.2 Å². The fourth-order valence-corrected chi connectivity index (χ4v) is 3.66. The predicted octanol–water partition coefficient (Wildman–Crippen LogP) is 3.41. The van der Waals surface area contributed by atoms with E-state index in [0.717, 1.165) is 35.6 Å². The van der Waals surface area contributed by atoms with E-state index in [1.54, 1.807) is 12.4 Å². The normalized spacial score (nSPS) is 15.2. The van der Waals surface area contributed by atoms with Crippen molar-refractivity contribution >= 4 is 21.2 Å². The molecule has 1 aliphatic rings. The number of hydrogen-bond donors (Lipinski definition) is 1. The zero-order valence-corrected chi connectivity index (χ0v) is 13.8. The monoisotopic (exact) mass is 350 g/mol. The van der Waals surface area contributed by atoms with Gasteiger partial charge in [-0.25, -0.2) is 22.3 Å². The van der Waals surface area contributed by atoms with Crippen LogP contribution in [0, 0.1) is 18.6 Å². The number of allylic oxidation sites excluding steroid dienone is 2. The van der Waals surface area contributed by atoms with Gasteiger partial charge in [-0.2, -0.15) is 0 Å². The third-order valence-electron chi connectivity index (χ3n) is 4.09. The van der Waals surface area contributed by atoms with Crippen LogP contribution >= 0.6 is 0 Å². The molecule has 126 valence electrons. The predicted molar refractivity (Wildman–Crippen MR) is 87.4 cm³/mol. The Hall–Kier alpha value is -2.12. The van der Waals surface area contributed by atoms with Gasteiger partial charge in [0.15, 0.2) is 0 Å². The van der Waals surface area contributed by atoms with Gasteiger partial charge in [-0.15, -0.1) is 0 Å². The van der Waals surface area contributed by atoms with Gasteiger partial charge >= 0.3 is 0 Å². The van der Waals surface area contributed by atoms with Crippen molar-refractivity contribution < 1.29 is 17.2 Å². The van der Waals surface area contributed by atoms with Gasteiger partial charge in [0.05, 0.1) is 0 Å². The Morgan fingerprint density at radius 3 is 2.42 bits per heavy atom. The smallest absolute Gasteiger partial charge is 0.241 e. The van der Waals surface area contributed by atoms with Gasteiger partial charge in [0.25, 0.3) is 0 Å². The van der Waals surface area contributed by atoms with Crippen LogP contribution in [-0.4, -0.2) is 13.4 Å². The molecule has 1 heterocycles. The first-order chi connectivity index (χ1) is 11.3. The highest BCUT2D eigenvalue weighted by molar-refractivity contribution is 7.89. The number of halogens is 2. The molecule has 1 aromatic carbocycles. The molecular weight excluding hydrogens is 334 g/mol. The van der Waals surface area contributed by atoms with Crippen molar-refractivity contribution in [2.24, 2.45) is 5.14 Å². The van der Waals surface area contributed by atoms with Gasteiger partial charge in [-0.3, -0.25) is 4.98 Å². The van der Waals surface area contributed by atoms with Crippen LogP contribution in [0.15, 0.2) is 35.5 Å². The van der Waals surface area contributed by atoms with Crippen LogP contribution in [0.2, 0.25) is 0 Å². The molecule has 0 saturated carbocycles. The van der Waals surface area contributed by atoms with Crippen LogP contribution in [0.5, 0.6) is 0 Å². The first kappa shape index (κ1) is 16.7. The maximum Gasteiger partial charge on any atom is 0.241 e. The Morgan fingerprint density at radius 2 is 1.75 bits per heavy atom. The fraction of sp³-hybridized carbons (Fsp3) is 0.235. The molecule has 7 heteroatoms. The van der Waals surface area contributed by atoms with Gasteiger partial charge in [0, 0.05) is 18.0 Å². The maximum atomic E-state index is 14.4. The molecule has 2 N–H and O–H groups in total. The number of aromatic nitrogens is 1. The number of nitrogens with zero attached hydrogens (tertiary/aromatic N) is 1. The highest BCUT2D eigenvalue weighted by atomic mass is 32.2. The summed E-state index contributed by atoms with van der Waals surface area (Å²) in [6, 6.07) is 3.51. The summed E-state index contributed by atoms with van der Waals surface area (Å²) in [4.78, 5) is 3.31. The van der Waals surface area contributed by atoms with Crippen LogP contribution < -0.4 is 5.14 Å². The topological polar surface area (TPSA) is 73.0 Å². The van der Waals surface area contributed by atoms with Crippen molar-refractivity contribution in [3.63, 3.8) is 0 Å². The van der Waals surface area contributed by atoms with Gasteiger partial charge in [-0.1, -0.05) is 0 Å². The molecule has 2 aromatic rings. The molecule has 0 aliphatic heterocycles. The first-order valence-corrected chi connectivity index (χ1v) is 8.98. The van der Waals surface area contributed by atoms with Crippen LogP contribution in [-0.2, 0) is 10.0 Å².